The molecule has 0 bridgehead atoms. The van der Waals surface area contributed by atoms with Crippen LogP contribution in [0.2, 0.25) is 0 Å². The molecule has 0 fully saturated rings. The van der Waals surface area contributed by atoms with Gasteiger partial charge >= 0.3 is 0 Å². The molecule has 0 amide bonds. The van der Waals surface area contributed by atoms with E-state index >= 15 is 0 Å². The number of benzene rings is 1. The van der Waals surface area contributed by atoms with Crippen molar-refractivity contribution in [1.82, 2.24) is 0 Å². The van der Waals surface area contributed by atoms with Gasteiger partial charge in [-0.1, -0.05) is 45.0 Å². The molecule has 2 nitrogen and oxygen atoms in total. The second-order valence-corrected chi connectivity index (χ2v) is 4.24. The molecule has 70 valence electrons. The van der Waals surface area contributed by atoms with Gasteiger partial charge in [0.05, 0.1) is 0 Å². The maximum atomic E-state index is 7.24. The van der Waals surface area contributed by atoms with Crippen LogP contribution in [0.4, 0.5) is 0 Å². The number of rotatable bonds is 1. The molecule has 0 atom stereocenters. The van der Waals surface area contributed by atoms with E-state index < -0.39 is 0 Å². The third-order valence-electron chi connectivity index (χ3n) is 2.06. The number of hydrogen-bond donors (Lipinski definition) is 2. The molecule has 0 radical (unpaired) electrons. The maximum absolute atomic E-state index is 7.24. The van der Waals surface area contributed by atoms with Gasteiger partial charge in [-0.3, -0.25) is 5.41 Å². The molecule has 0 unspecified atom stereocenters. The first-order valence-electron chi connectivity index (χ1n) is 4.36. The molecule has 0 aromatic heterocycles. The standard InChI is InChI=1S/C11H16N2/c1-11(2,3)9-6-4-8(5-7-9)10(12)13/h4-7H,1-3H3,(H3,12,13). The number of hydrogen-bond acceptors (Lipinski definition) is 1. The van der Waals surface area contributed by atoms with Crippen LogP contribution in [0.25, 0.3) is 0 Å². The predicted octanol–water partition coefficient (Wildman–Crippen LogP) is 2.27. The largest absolute Gasteiger partial charge is 0.384 e. The summed E-state index contributed by atoms with van der Waals surface area (Å²) in [4.78, 5) is 0. The van der Waals surface area contributed by atoms with Crippen LogP contribution in [-0.4, -0.2) is 5.84 Å². The second kappa shape index (κ2) is 3.21. The minimum absolute atomic E-state index is 0.125. The van der Waals surface area contributed by atoms with Crippen molar-refractivity contribution >= 4 is 5.84 Å². The molecule has 13 heavy (non-hydrogen) atoms. The van der Waals surface area contributed by atoms with E-state index in [1.807, 2.05) is 24.3 Å². The van der Waals surface area contributed by atoms with Gasteiger partial charge in [-0.05, 0) is 11.0 Å². The van der Waals surface area contributed by atoms with Crippen molar-refractivity contribution in [3.8, 4) is 0 Å². The van der Waals surface area contributed by atoms with Crippen molar-refractivity contribution < 1.29 is 0 Å². The molecular weight excluding hydrogens is 160 g/mol. The van der Waals surface area contributed by atoms with Crippen molar-refractivity contribution in [2.24, 2.45) is 5.73 Å². The van der Waals surface area contributed by atoms with Crippen molar-refractivity contribution in [3.05, 3.63) is 35.4 Å². The van der Waals surface area contributed by atoms with Crippen LogP contribution in [0, 0.1) is 5.41 Å². The summed E-state index contributed by atoms with van der Waals surface area (Å²) in [7, 11) is 0. The molecule has 1 aromatic rings. The van der Waals surface area contributed by atoms with E-state index in [4.69, 9.17) is 11.1 Å². The second-order valence-electron chi connectivity index (χ2n) is 4.24. The van der Waals surface area contributed by atoms with Crippen LogP contribution >= 0.6 is 0 Å². The molecule has 0 aliphatic carbocycles. The maximum Gasteiger partial charge on any atom is 0.122 e. The van der Waals surface area contributed by atoms with Gasteiger partial charge in [-0.15, -0.1) is 0 Å². The minimum atomic E-state index is 0.125. The van der Waals surface area contributed by atoms with E-state index in [0.717, 1.165) is 5.56 Å². The van der Waals surface area contributed by atoms with E-state index in [1.54, 1.807) is 0 Å². The lowest BCUT2D eigenvalue weighted by Crippen LogP contribution is -2.13. The van der Waals surface area contributed by atoms with Gasteiger partial charge in [-0.2, -0.15) is 0 Å². The zero-order chi connectivity index (χ0) is 10.1. The van der Waals surface area contributed by atoms with E-state index in [1.165, 1.54) is 5.56 Å². The van der Waals surface area contributed by atoms with Crippen LogP contribution in [0.5, 0.6) is 0 Å². The Labute approximate surface area is 79.3 Å². The van der Waals surface area contributed by atoms with E-state index in [2.05, 4.69) is 20.8 Å². The Morgan fingerprint density at radius 2 is 1.62 bits per heavy atom. The molecule has 1 rings (SSSR count). The normalized spacial score (nSPS) is 11.3. The Bertz CT molecular complexity index is 304. The van der Waals surface area contributed by atoms with E-state index in [-0.39, 0.29) is 11.3 Å². The number of nitrogens with one attached hydrogen (secondary N) is 1. The summed E-state index contributed by atoms with van der Waals surface area (Å²) in [6.45, 7) is 6.49. The molecular formula is C11H16N2. The highest BCUT2D eigenvalue weighted by Crippen LogP contribution is 2.21. The average molecular weight is 176 g/mol. The molecule has 0 spiro atoms. The fourth-order valence-corrected chi connectivity index (χ4v) is 1.15. The lowest BCUT2D eigenvalue weighted by atomic mass is 9.87. The summed E-state index contributed by atoms with van der Waals surface area (Å²) in [5.41, 5.74) is 7.56. The zero-order valence-electron chi connectivity index (χ0n) is 8.39. The van der Waals surface area contributed by atoms with E-state index in [0.29, 0.717) is 0 Å². The molecule has 0 saturated carbocycles. The van der Waals surface area contributed by atoms with E-state index in [9.17, 15) is 0 Å². The van der Waals surface area contributed by atoms with Crippen LogP contribution in [-0.2, 0) is 5.41 Å². The third-order valence-corrected chi connectivity index (χ3v) is 2.06. The lowest BCUT2D eigenvalue weighted by molar-refractivity contribution is 0.590. The Kier molecular flexibility index (Phi) is 2.41. The lowest BCUT2D eigenvalue weighted by Gasteiger charge is -2.18. The van der Waals surface area contributed by atoms with Gasteiger partial charge in [-0.25, -0.2) is 0 Å². The first kappa shape index (κ1) is 9.78. The van der Waals surface area contributed by atoms with Gasteiger partial charge in [0.15, 0.2) is 0 Å². The number of nitrogen functional groups attached to an aromatic ring is 1. The fraction of sp³-hybridized carbons (Fsp3) is 0.364. The number of nitrogens with two attached hydrogens (primary N) is 1. The van der Waals surface area contributed by atoms with Crippen molar-refractivity contribution in [1.29, 1.82) is 5.41 Å². The van der Waals surface area contributed by atoms with Crippen molar-refractivity contribution in [3.63, 3.8) is 0 Å². The van der Waals surface area contributed by atoms with Crippen LogP contribution in [0.15, 0.2) is 24.3 Å². The first-order valence-corrected chi connectivity index (χ1v) is 4.36. The van der Waals surface area contributed by atoms with Crippen molar-refractivity contribution in [2.75, 3.05) is 0 Å². The Hall–Kier alpha value is -1.31. The van der Waals surface area contributed by atoms with Crippen LogP contribution in [0.1, 0.15) is 31.9 Å². The quantitative estimate of drug-likeness (QED) is 0.500. The summed E-state index contributed by atoms with van der Waals surface area (Å²) >= 11 is 0. The van der Waals surface area contributed by atoms with Gasteiger partial charge < -0.3 is 5.73 Å². The molecule has 0 aliphatic rings. The SMILES string of the molecule is CC(C)(C)c1ccc(C(=N)N)cc1. The molecule has 0 aliphatic heterocycles. The van der Waals surface area contributed by atoms with Crippen LogP contribution in [0.3, 0.4) is 0 Å². The highest BCUT2D eigenvalue weighted by atomic mass is 14.7. The highest BCUT2D eigenvalue weighted by Gasteiger charge is 2.12. The molecule has 3 N–H and O–H groups in total. The highest BCUT2D eigenvalue weighted by molar-refractivity contribution is 5.94. The van der Waals surface area contributed by atoms with Crippen molar-refractivity contribution in [2.45, 2.75) is 26.2 Å². The molecule has 0 heterocycles. The monoisotopic (exact) mass is 176 g/mol. The Morgan fingerprint density at radius 1 is 1.15 bits per heavy atom. The summed E-state index contributed by atoms with van der Waals surface area (Å²) in [6, 6.07) is 7.83. The number of amidine groups is 1. The van der Waals surface area contributed by atoms with Gasteiger partial charge in [0.1, 0.15) is 5.84 Å². The summed E-state index contributed by atoms with van der Waals surface area (Å²) in [6.07, 6.45) is 0. The average Bonchev–Trinajstić information content (AvgIpc) is 2.03. The fourth-order valence-electron chi connectivity index (χ4n) is 1.15. The van der Waals surface area contributed by atoms with Crippen LogP contribution < -0.4 is 5.73 Å². The molecule has 1 aromatic carbocycles. The predicted molar refractivity (Wildman–Crippen MR) is 56.2 cm³/mol. The first-order chi connectivity index (χ1) is 5.91. The third kappa shape index (κ3) is 2.31. The topological polar surface area (TPSA) is 49.9 Å². The zero-order valence-corrected chi connectivity index (χ0v) is 8.39. The van der Waals surface area contributed by atoms with Gasteiger partial charge in [0.2, 0.25) is 0 Å². The van der Waals surface area contributed by atoms with Gasteiger partial charge in [0.25, 0.3) is 0 Å². The minimum Gasteiger partial charge on any atom is -0.384 e. The van der Waals surface area contributed by atoms with Gasteiger partial charge in [0, 0.05) is 5.56 Å². The summed E-state index contributed by atoms with van der Waals surface area (Å²) in [5.74, 6) is 0.125. The Balaban J connectivity index is 3.01. The molecule has 0 saturated heterocycles. The summed E-state index contributed by atoms with van der Waals surface area (Å²) < 4.78 is 0. The molecule has 2 heteroatoms. The smallest absolute Gasteiger partial charge is 0.122 e. The summed E-state index contributed by atoms with van der Waals surface area (Å²) in [5, 5.41) is 7.24. The Morgan fingerprint density at radius 3 is 1.92 bits per heavy atom.